The molecular formula is C12H8F3N3O. The first kappa shape index (κ1) is 13.0. The molecule has 0 atom stereocenters. The molecule has 0 aliphatic rings. The highest BCUT2D eigenvalue weighted by Crippen LogP contribution is 2.28. The van der Waals surface area contributed by atoms with Crippen LogP contribution in [-0.2, 0) is 6.18 Å². The van der Waals surface area contributed by atoms with Gasteiger partial charge in [-0.05, 0) is 18.2 Å². The fourth-order valence-corrected chi connectivity index (χ4v) is 1.53. The van der Waals surface area contributed by atoms with Crippen LogP contribution in [0.4, 0.5) is 13.2 Å². The molecule has 0 aliphatic heterocycles. The predicted molar refractivity (Wildman–Crippen MR) is 59.8 cm³/mol. The fraction of sp³-hybridized carbons (Fsp3) is 0.167. The maximum absolute atomic E-state index is 12.5. The lowest BCUT2D eigenvalue weighted by Gasteiger charge is -2.07. The van der Waals surface area contributed by atoms with E-state index < -0.39 is 11.9 Å². The average molecular weight is 267 g/mol. The van der Waals surface area contributed by atoms with Gasteiger partial charge >= 0.3 is 6.18 Å². The summed E-state index contributed by atoms with van der Waals surface area (Å²) in [5.74, 6) is 0.429. The molecule has 98 valence electrons. The number of alkyl halides is 3. The van der Waals surface area contributed by atoms with Crippen LogP contribution in [0.25, 0.3) is 5.69 Å². The molecular weight excluding hydrogens is 259 g/mol. The molecule has 1 aromatic heterocycles. The molecule has 0 saturated carbocycles. The highest BCUT2D eigenvalue weighted by Gasteiger charge is 2.33. The summed E-state index contributed by atoms with van der Waals surface area (Å²) in [5.41, 5.74) is -0.575. The highest BCUT2D eigenvalue weighted by atomic mass is 19.4. The second-order valence-electron chi connectivity index (χ2n) is 3.64. The maximum atomic E-state index is 12.5. The normalized spacial score (nSPS) is 11.1. The van der Waals surface area contributed by atoms with Crippen molar-refractivity contribution in [3.63, 3.8) is 0 Å². The lowest BCUT2D eigenvalue weighted by Crippen LogP contribution is -2.07. The third kappa shape index (κ3) is 2.52. The van der Waals surface area contributed by atoms with Gasteiger partial charge in [-0.2, -0.15) is 23.5 Å². The molecule has 2 rings (SSSR count). The Balaban J connectivity index is 2.52. The molecule has 0 N–H and O–H groups in total. The minimum atomic E-state index is -4.52. The molecule has 19 heavy (non-hydrogen) atoms. The number of benzene rings is 1. The second-order valence-corrected chi connectivity index (χ2v) is 3.64. The minimum absolute atomic E-state index is 0.206. The lowest BCUT2D eigenvalue weighted by atomic mass is 10.2. The number of hydrogen-bond acceptors (Lipinski definition) is 3. The number of nitriles is 1. The molecule has 0 bridgehead atoms. The van der Waals surface area contributed by atoms with Gasteiger partial charge in [0.2, 0.25) is 0 Å². The number of aromatic nitrogens is 2. The van der Waals surface area contributed by atoms with Crippen molar-refractivity contribution in [1.29, 1.82) is 5.26 Å². The number of rotatable bonds is 2. The van der Waals surface area contributed by atoms with Crippen LogP contribution in [0.1, 0.15) is 11.3 Å². The van der Waals surface area contributed by atoms with E-state index in [1.807, 2.05) is 6.07 Å². The highest BCUT2D eigenvalue weighted by molar-refractivity contribution is 5.52. The van der Waals surface area contributed by atoms with Gasteiger partial charge in [-0.25, -0.2) is 4.68 Å². The van der Waals surface area contributed by atoms with Crippen molar-refractivity contribution >= 4 is 0 Å². The number of nitrogens with zero attached hydrogens (tertiary/aromatic N) is 3. The monoisotopic (exact) mass is 267 g/mol. The summed E-state index contributed by atoms with van der Waals surface area (Å²) < 4.78 is 43.4. The topological polar surface area (TPSA) is 50.8 Å². The molecule has 0 saturated heterocycles. The van der Waals surface area contributed by atoms with Crippen molar-refractivity contribution in [2.24, 2.45) is 0 Å². The van der Waals surface area contributed by atoms with Gasteiger partial charge in [0.15, 0.2) is 5.69 Å². The van der Waals surface area contributed by atoms with E-state index in [1.54, 1.807) is 6.07 Å². The van der Waals surface area contributed by atoms with Crippen LogP contribution in [0.2, 0.25) is 0 Å². The molecule has 1 aromatic carbocycles. The van der Waals surface area contributed by atoms with Gasteiger partial charge in [0.1, 0.15) is 11.8 Å². The van der Waals surface area contributed by atoms with E-state index in [0.717, 1.165) is 16.9 Å². The van der Waals surface area contributed by atoms with Crippen LogP contribution in [0.5, 0.6) is 5.75 Å². The number of methoxy groups -OCH3 is 1. The summed E-state index contributed by atoms with van der Waals surface area (Å²) in [6.45, 7) is 0. The van der Waals surface area contributed by atoms with Crippen LogP contribution < -0.4 is 4.74 Å². The average Bonchev–Trinajstić information content (AvgIpc) is 2.87. The van der Waals surface area contributed by atoms with Crippen LogP contribution in [0.15, 0.2) is 30.5 Å². The molecule has 0 amide bonds. The van der Waals surface area contributed by atoms with Crippen molar-refractivity contribution in [2.75, 3.05) is 7.11 Å². The van der Waals surface area contributed by atoms with E-state index in [1.165, 1.54) is 19.2 Å². The SMILES string of the molecule is COc1ccc(C#N)c(-n2ccc(C(F)(F)F)n2)c1. The summed E-state index contributed by atoms with van der Waals surface area (Å²) in [6, 6.07) is 7.21. The zero-order chi connectivity index (χ0) is 14.0. The van der Waals surface area contributed by atoms with Crippen LogP contribution >= 0.6 is 0 Å². The Morgan fingerprint density at radius 2 is 2.05 bits per heavy atom. The number of halogens is 3. The van der Waals surface area contributed by atoms with Crippen LogP contribution in [0, 0.1) is 11.3 Å². The Labute approximate surface area is 106 Å². The Bertz CT molecular complexity index is 640. The third-order valence-electron chi connectivity index (χ3n) is 2.45. The summed E-state index contributed by atoms with van der Waals surface area (Å²) in [6.07, 6.45) is -3.37. The maximum Gasteiger partial charge on any atom is 0.435 e. The van der Waals surface area contributed by atoms with Crippen LogP contribution in [-0.4, -0.2) is 16.9 Å². The van der Waals surface area contributed by atoms with E-state index in [-0.39, 0.29) is 11.3 Å². The summed E-state index contributed by atoms with van der Waals surface area (Å²) in [5, 5.41) is 12.4. The van der Waals surface area contributed by atoms with Crippen molar-refractivity contribution in [2.45, 2.75) is 6.18 Å². The van der Waals surface area contributed by atoms with Crippen LogP contribution in [0.3, 0.4) is 0 Å². The lowest BCUT2D eigenvalue weighted by molar-refractivity contribution is -0.141. The quantitative estimate of drug-likeness (QED) is 0.840. The van der Waals surface area contributed by atoms with Gasteiger partial charge in [-0.3, -0.25) is 0 Å². The fourth-order valence-electron chi connectivity index (χ4n) is 1.53. The van der Waals surface area contributed by atoms with E-state index >= 15 is 0 Å². The molecule has 2 aromatic rings. The smallest absolute Gasteiger partial charge is 0.435 e. The molecule has 0 fully saturated rings. The summed E-state index contributed by atoms with van der Waals surface area (Å²) >= 11 is 0. The van der Waals surface area contributed by atoms with E-state index in [2.05, 4.69) is 5.10 Å². The van der Waals surface area contributed by atoms with Crippen molar-refractivity contribution in [1.82, 2.24) is 9.78 Å². The Morgan fingerprint density at radius 3 is 2.58 bits per heavy atom. The third-order valence-corrected chi connectivity index (χ3v) is 2.45. The van der Waals surface area contributed by atoms with Crippen molar-refractivity contribution in [3.8, 4) is 17.5 Å². The molecule has 4 nitrogen and oxygen atoms in total. The van der Waals surface area contributed by atoms with E-state index in [9.17, 15) is 13.2 Å². The van der Waals surface area contributed by atoms with Crippen molar-refractivity contribution in [3.05, 3.63) is 41.7 Å². The molecule has 0 spiro atoms. The van der Waals surface area contributed by atoms with Crippen molar-refractivity contribution < 1.29 is 17.9 Å². The summed E-state index contributed by atoms with van der Waals surface area (Å²) in [7, 11) is 1.43. The first-order chi connectivity index (χ1) is 8.95. The van der Waals surface area contributed by atoms with Gasteiger partial charge in [0, 0.05) is 12.3 Å². The first-order valence-electron chi connectivity index (χ1n) is 5.17. The predicted octanol–water partition coefficient (Wildman–Crippen LogP) is 2.77. The van der Waals surface area contributed by atoms with E-state index in [4.69, 9.17) is 10.00 Å². The zero-order valence-corrected chi connectivity index (χ0v) is 9.77. The first-order valence-corrected chi connectivity index (χ1v) is 5.17. The molecule has 7 heteroatoms. The van der Waals surface area contributed by atoms with Gasteiger partial charge in [-0.15, -0.1) is 0 Å². The summed E-state index contributed by atoms with van der Waals surface area (Å²) in [4.78, 5) is 0. The van der Waals surface area contributed by atoms with Gasteiger partial charge in [0.05, 0.1) is 18.4 Å². The molecule has 0 unspecified atom stereocenters. The second kappa shape index (κ2) is 4.65. The molecule has 0 aliphatic carbocycles. The Morgan fingerprint density at radius 1 is 1.32 bits per heavy atom. The van der Waals surface area contributed by atoms with Gasteiger partial charge in [-0.1, -0.05) is 0 Å². The van der Waals surface area contributed by atoms with Gasteiger partial charge < -0.3 is 4.74 Å². The van der Waals surface area contributed by atoms with E-state index in [0.29, 0.717) is 5.75 Å². The van der Waals surface area contributed by atoms with Gasteiger partial charge in [0.25, 0.3) is 0 Å². The zero-order valence-electron chi connectivity index (χ0n) is 9.77. The number of ether oxygens (including phenoxy) is 1. The number of hydrogen-bond donors (Lipinski definition) is 0. The standard InChI is InChI=1S/C12H8F3N3O/c1-19-9-3-2-8(7-16)10(6-9)18-5-4-11(17-18)12(13,14)15/h2-6H,1H3. The largest absolute Gasteiger partial charge is 0.497 e. The molecule has 0 radical (unpaired) electrons. The molecule has 1 heterocycles. The Hall–Kier alpha value is -2.49. The Kier molecular flexibility index (Phi) is 3.17. The minimum Gasteiger partial charge on any atom is -0.497 e.